The second-order valence-corrected chi connectivity index (χ2v) is 9.50. The van der Waals surface area contributed by atoms with E-state index in [2.05, 4.69) is 0 Å². The average molecular weight is 490 g/mol. The van der Waals surface area contributed by atoms with Crippen LogP contribution in [-0.2, 0) is 16.0 Å². The van der Waals surface area contributed by atoms with E-state index in [1.807, 2.05) is 5.32 Å². The van der Waals surface area contributed by atoms with Crippen molar-refractivity contribution >= 4 is 17.6 Å². The first-order chi connectivity index (χ1) is 16.4. The van der Waals surface area contributed by atoms with Crippen LogP contribution in [0.1, 0.15) is 42.8 Å². The van der Waals surface area contributed by atoms with Gasteiger partial charge in [-0.3, -0.25) is 14.4 Å². The molecule has 1 N–H and O–H groups in total. The molecule has 1 aliphatic carbocycles. The number of nitrogens with one attached hydrogen (secondary N) is 1. The number of methoxy groups -OCH3 is 1. The second kappa shape index (κ2) is 8.58. The topological polar surface area (TPSA) is 88.8 Å². The average Bonchev–Trinajstić information content (AvgIpc) is 3.38. The summed E-state index contributed by atoms with van der Waals surface area (Å²) >= 11 is 0. The highest BCUT2D eigenvalue weighted by Gasteiger charge is 2.71. The first-order valence-corrected chi connectivity index (χ1v) is 11.0. The first kappa shape index (κ1) is 24.6. The molecule has 35 heavy (non-hydrogen) atoms. The van der Waals surface area contributed by atoms with Gasteiger partial charge in [-0.25, -0.2) is 0 Å². The summed E-state index contributed by atoms with van der Waals surface area (Å²) in [5.74, 6) is -3.22. The molecule has 0 saturated heterocycles. The van der Waals surface area contributed by atoms with Crippen LogP contribution in [-0.4, -0.2) is 47.9 Å². The largest absolute Gasteiger partial charge is 0.497 e. The molecular weight excluding hydrogens is 465 g/mol. The third-order valence-corrected chi connectivity index (χ3v) is 6.37. The summed E-state index contributed by atoms with van der Waals surface area (Å²) in [5.41, 5.74) is -4.07. The van der Waals surface area contributed by atoms with Gasteiger partial charge in [0, 0.05) is 18.7 Å². The molecule has 7 nitrogen and oxygen atoms in total. The molecule has 1 unspecified atom stereocenters. The number of Topliss-reactive ketones (excluding diaryl/α,β-unsaturated/α-hetero) is 1. The predicted molar refractivity (Wildman–Crippen MR) is 118 cm³/mol. The summed E-state index contributed by atoms with van der Waals surface area (Å²) in [6.07, 6.45) is -4.00. The predicted octanol–water partition coefficient (Wildman–Crippen LogP) is 4.05. The molecule has 2 aliphatic rings. The first-order valence-electron chi connectivity index (χ1n) is 11.0. The quantitative estimate of drug-likeness (QED) is 0.660. The van der Waals surface area contributed by atoms with Crippen molar-refractivity contribution in [3.63, 3.8) is 0 Å². The van der Waals surface area contributed by atoms with Crippen molar-refractivity contribution in [3.05, 3.63) is 65.3 Å². The van der Waals surface area contributed by atoms with Gasteiger partial charge in [-0.15, -0.1) is 0 Å². The van der Waals surface area contributed by atoms with E-state index >= 15 is 0 Å². The molecule has 1 aromatic carbocycles. The molecule has 1 atom stereocenters. The van der Waals surface area contributed by atoms with Gasteiger partial charge in [0.05, 0.1) is 18.9 Å². The molecule has 186 valence electrons. The minimum absolute atomic E-state index is 0.00170. The standard InChI is InChI=1S/C25H25F3N2O5/c1-23(2)13-17-20(18(31)14-23)24(25(26,27)28,29-21(32)19-5-4-12-35-19)22(33)30(17)11-10-15-6-8-16(34-3)9-7-15/h4-9,12H,10-11,13-14H2,1-3H3,(H,29,32). The maximum Gasteiger partial charge on any atom is 0.425 e. The van der Waals surface area contributed by atoms with Crippen molar-refractivity contribution in [1.82, 2.24) is 10.2 Å². The van der Waals surface area contributed by atoms with Gasteiger partial charge in [0.15, 0.2) is 11.5 Å². The molecule has 0 radical (unpaired) electrons. The van der Waals surface area contributed by atoms with Crippen LogP contribution < -0.4 is 10.1 Å². The molecule has 0 spiro atoms. The summed E-state index contributed by atoms with van der Waals surface area (Å²) in [6, 6.07) is 9.44. The van der Waals surface area contributed by atoms with Gasteiger partial charge in [0.2, 0.25) is 5.54 Å². The monoisotopic (exact) mass is 490 g/mol. The van der Waals surface area contributed by atoms with Crippen LogP contribution in [0.5, 0.6) is 5.75 Å². The third-order valence-electron chi connectivity index (χ3n) is 6.37. The van der Waals surface area contributed by atoms with Crippen molar-refractivity contribution in [2.45, 2.75) is 44.8 Å². The number of ketones is 1. The maximum absolute atomic E-state index is 14.7. The number of amides is 2. The van der Waals surface area contributed by atoms with Crippen LogP contribution in [0.2, 0.25) is 0 Å². The van der Waals surface area contributed by atoms with Crippen LogP contribution in [0.4, 0.5) is 13.2 Å². The number of alkyl halides is 3. The minimum Gasteiger partial charge on any atom is -0.497 e. The number of ether oxygens (including phenoxy) is 1. The minimum atomic E-state index is -5.26. The zero-order chi connectivity index (χ0) is 25.6. The molecule has 0 saturated carbocycles. The van der Waals surface area contributed by atoms with Gasteiger partial charge >= 0.3 is 6.18 Å². The lowest BCUT2D eigenvalue weighted by Gasteiger charge is -2.35. The van der Waals surface area contributed by atoms with Gasteiger partial charge in [-0.1, -0.05) is 26.0 Å². The molecule has 1 aliphatic heterocycles. The van der Waals surface area contributed by atoms with E-state index in [0.717, 1.165) is 16.7 Å². The van der Waals surface area contributed by atoms with Crippen LogP contribution in [0, 0.1) is 5.41 Å². The fourth-order valence-electron chi connectivity index (χ4n) is 4.74. The molecule has 0 bridgehead atoms. The second-order valence-electron chi connectivity index (χ2n) is 9.50. The zero-order valence-corrected chi connectivity index (χ0v) is 19.5. The molecule has 2 heterocycles. The highest BCUT2D eigenvalue weighted by Crippen LogP contribution is 2.51. The summed E-state index contributed by atoms with van der Waals surface area (Å²) in [7, 11) is 1.52. The van der Waals surface area contributed by atoms with E-state index < -0.39 is 46.1 Å². The van der Waals surface area contributed by atoms with Crippen LogP contribution >= 0.6 is 0 Å². The normalized spacial score (nSPS) is 21.8. The molecular formula is C25H25F3N2O5. The summed E-state index contributed by atoms with van der Waals surface area (Å²) in [4.78, 5) is 40.4. The van der Waals surface area contributed by atoms with E-state index in [-0.39, 0.29) is 31.5 Å². The Balaban J connectivity index is 1.77. The van der Waals surface area contributed by atoms with E-state index in [1.165, 1.54) is 19.2 Å². The molecule has 4 rings (SSSR count). The Kier molecular flexibility index (Phi) is 6.02. The molecule has 0 fully saturated rings. The highest BCUT2D eigenvalue weighted by molar-refractivity contribution is 6.14. The summed E-state index contributed by atoms with van der Waals surface area (Å²) in [6.45, 7) is 3.42. The zero-order valence-electron chi connectivity index (χ0n) is 19.5. The fraction of sp³-hybridized carbons (Fsp3) is 0.400. The fourth-order valence-corrected chi connectivity index (χ4v) is 4.74. The van der Waals surface area contributed by atoms with Gasteiger partial charge in [0.25, 0.3) is 11.8 Å². The van der Waals surface area contributed by atoms with E-state index in [0.29, 0.717) is 5.75 Å². The summed E-state index contributed by atoms with van der Waals surface area (Å²) < 4.78 is 54.2. The Bertz CT molecular complexity index is 1180. The molecule has 10 heteroatoms. The Morgan fingerprint density at radius 3 is 2.40 bits per heavy atom. The number of halogens is 3. The third kappa shape index (κ3) is 4.21. The number of nitrogens with zero attached hydrogens (tertiary/aromatic N) is 1. The number of hydrogen-bond donors (Lipinski definition) is 1. The molecule has 1 aromatic heterocycles. The Morgan fingerprint density at radius 2 is 1.83 bits per heavy atom. The van der Waals surface area contributed by atoms with E-state index in [9.17, 15) is 27.6 Å². The number of furan rings is 1. The van der Waals surface area contributed by atoms with Crippen molar-refractivity contribution in [2.75, 3.05) is 13.7 Å². The summed E-state index contributed by atoms with van der Waals surface area (Å²) in [5, 5.41) is 1.84. The number of carbonyl (C=O) groups is 3. The van der Waals surface area contributed by atoms with Crippen molar-refractivity contribution in [3.8, 4) is 5.75 Å². The van der Waals surface area contributed by atoms with Crippen LogP contribution in [0.15, 0.2) is 58.3 Å². The number of rotatable bonds is 6. The lowest BCUT2D eigenvalue weighted by atomic mass is 9.72. The van der Waals surface area contributed by atoms with Crippen molar-refractivity contribution in [2.24, 2.45) is 5.41 Å². The van der Waals surface area contributed by atoms with Crippen molar-refractivity contribution < 1.29 is 36.7 Å². The maximum atomic E-state index is 14.7. The Labute approximate surface area is 199 Å². The Morgan fingerprint density at radius 1 is 1.14 bits per heavy atom. The SMILES string of the molecule is COc1ccc(CCN2C(=O)C(NC(=O)c3ccco3)(C(F)(F)F)C3=C2CC(C)(C)CC3=O)cc1. The lowest BCUT2D eigenvalue weighted by molar-refractivity contribution is -0.190. The van der Waals surface area contributed by atoms with Gasteiger partial charge in [-0.05, 0) is 48.1 Å². The van der Waals surface area contributed by atoms with Gasteiger partial charge in [0.1, 0.15) is 5.75 Å². The molecule has 2 amide bonds. The van der Waals surface area contributed by atoms with Crippen molar-refractivity contribution in [1.29, 1.82) is 0 Å². The highest BCUT2D eigenvalue weighted by atomic mass is 19.4. The van der Waals surface area contributed by atoms with Gasteiger partial charge in [-0.2, -0.15) is 13.2 Å². The smallest absolute Gasteiger partial charge is 0.425 e. The number of hydrogen-bond acceptors (Lipinski definition) is 5. The van der Waals surface area contributed by atoms with E-state index in [4.69, 9.17) is 9.15 Å². The van der Waals surface area contributed by atoms with E-state index in [1.54, 1.807) is 38.1 Å². The number of benzene rings is 1. The van der Waals surface area contributed by atoms with Crippen LogP contribution in [0.3, 0.4) is 0 Å². The Hall–Kier alpha value is -3.56. The van der Waals surface area contributed by atoms with Crippen LogP contribution in [0.25, 0.3) is 0 Å². The molecule has 2 aromatic rings. The lowest BCUT2D eigenvalue weighted by Crippen LogP contribution is -2.66. The number of carbonyl (C=O) groups excluding carboxylic acids is 3. The number of allylic oxidation sites excluding steroid dienone is 1. The van der Waals surface area contributed by atoms with Gasteiger partial charge < -0.3 is 19.4 Å².